The van der Waals surface area contributed by atoms with E-state index in [1.165, 1.54) is 65.2 Å². The molecule has 5 aliphatic heterocycles. The summed E-state index contributed by atoms with van der Waals surface area (Å²) in [6.45, 7) is 36.2. The summed E-state index contributed by atoms with van der Waals surface area (Å²) in [6, 6.07) is 70.4. The lowest BCUT2D eigenvalue weighted by molar-refractivity contribution is -0.385. The van der Waals surface area contributed by atoms with E-state index in [9.17, 15) is 48.0 Å². The van der Waals surface area contributed by atoms with Crippen LogP contribution < -0.4 is 16.0 Å². The standard InChI is InChI=1S/2C21H24ClN3S.C20H22ClN3S.C20H22N2O2S2.C18H19ClN2O4S2.ClH/c2*1-14-6-19(22)9-20(7-14)26-21-5-4-17(10-23)8-18(21)13-25-11-15(2)24-16(3)12-25;1-14-7-18(21)10-19(8-14)25-20-4-3-16(11-22)9-17(20)13-24-6-5-23-15(2)12-24;1-15-9-16(2)11-19(10-15)25-20-4-3-17(13-21)12-18(20)14-22-5-7-26(23,24)8-6-22;1-13-8-15(19)11-17(9-13)26-18-3-2-16(21(22)23)10-14(18)12-20-4-6-27(24,25)7-5-20;/h2*4-9,15-16,24H,11-13H2,1-3H3;3-4,7-10,15,23H,5-6,12-13H2,1-2H3;3-4,9-12H,5-8,14H2,1-2H3;2-3,8-11H,4-7,12H2,1H3;1H. The van der Waals surface area contributed by atoms with Gasteiger partial charge in [-0.05, 0) is 301 Å². The molecule has 131 heavy (non-hydrogen) atoms. The Kier molecular flexibility index (Phi) is 40.4. The predicted molar refractivity (Wildman–Crippen MR) is 542 cm³/mol. The Labute approximate surface area is 821 Å². The van der Waals surface area contributed by atoms with Crippen LogP contribution in [-0.2, 0) is 52.4 Å². The molecule has 5 fully saturated rings. The molecule has 0 saturated carbocycles. The lowest BCUT2D eigenvalue weighted by Gasteiger charge is -2.36. The van der Waals surface area contributed by atoms with Crippen molar-refractivity contribution in [3.05, 3.63) is 296 Å². The van der Waals surface area contributed by atoms with Gasteiger partial charge in [-0.1, -0.05) is 111 Å². The average molecular weight is 1990 g/mol. The van der Waals surface area contributed by atoms with Crippen molar-refractivity contribution in [1.82, 2.24) is 40.4 Å². The fourth-order valence-electron chi connectivity index (χ4n) is 16.4. The molecule has 0 spiro atoms. The second-order valence-corrected chi connectivity index (χ2v) is 46.2. The first-order valence-corrected chi connectivity index (χ1v) is 52.4. The maximum Gasteiger partial charge on any atom is 0.269 e. The van der Waals surface area contributed by atoms with Crippen molar-refractivity contribution in [2.75, 3.05) is 95.0 Å². The third-order valence-electron chi connectivity index (χ3n) is 22.0. The summed E-state index contributed by atoms with van der Waals surface area (Å²) in [7, 11) is -5.86. The van der Waals surface area contributed by atoms with Crippen molar-refractivity contribution in [3.8, 4) is 24.3 Å². The summed E-state index contributed by atoms with van der Waals surface area (Å²) in [5.74, 6) is 0.671. The van der Waals surface area contributed by atoms with Gasteiger partial charge in [-0.25, -0.2) is 16.8 Å². The van der Waals surface area contributed by atoms with E-state index in [4.69, 9.17) is 46.4 Å². The van der Waals surface area contributed by atoms with Crippen LogP contribution in [0.4, 0.5) is 5.69 Å². The molecular formula is C100H112Cl5N13O6S7. The number of benzene rings is 10. The Balaban J connectivity index is 0.000000170. The molecule has 5 unspecified atom stereocenters. The predicted octanol–water partition coefficient (Wildman–Crippen LogP) is 22.1. The van der Waals surface area contributed by atoms with E-state index in [2.05, 4.69) is 184 Å². The molecule has 5 atom stereocenters. The molecule has 0 radical (unpaired) electrons. The van der Waals surface area contributed by atoms with Gasteiger partial charge < -0.3 is 16.0 Å². The quantitative estimate of drug-likeness (QED) is 0.0446. The van der Waals surface area contributed by atoms with Gasteiger partial charge in [-0.3, -0.25) is 34.6 Å². The van der Waals surface area contributed by atoms with Crippen LogP contribution in [-0.4, -0.2) is 171 Å². The fraction of sp³-hybridized carbons (Fsp3) is 0.360. The minimum absolute atomic E-state index is 0. The van der Waals surface area contributed by atoms with Gasteiger partial charge in [0.05, 0.1) is 74.5 Å². The number of rotatable bonds is 21. The van der Waals surface area contributed by atoms with Crippen LogP contribution in [0.2, 0.25) is 20.1 Å². The summed E-state index contributed by atoms with van der Waals surface area (Å²) in [5.41, 5.74) is 15.2. The Morgan fingerprint density at radius 2 is 0.603 bits per heavy atom. The SMILES string of the molecule is Cc1cc(C)cc(Sc2ccc(C#N)cc2CN2CCS(=O)(=O)CC2)c1.Cc1cc(Cl)cc(Sc2ccc(C#N)cc2CN2CC(C)NC(C)C2)c1.Cc1cc(Cl)cc(Sc2ccc(C#N)cc2CN2CC(C)NC(C)C2)c1.Cc1cc(Cl)cc(Sc2ccc(C#N)cc2CN2CCNC(C)C2)c1.Cc1cc(Cl)cc(Sc2ccc([N+](=O)[O-])cc2CN2CCS(=O)(=O)CC2)c1.Cl. The van der Waals surface area contributed by atoms with Gasteiger partial charge in [-0.15, -0.1) is 12.4 Å². The topological polar surface area (TPSA) is 259 Å². The number of aryl methyl sites for hydroxylation is 6. The molecule has 5 heterocycles. The Hall–Kier alpha value is -7.66. The van der Waals surface area contributed by atoms with Crippen LogP contribution in [0, 0.1) is 97.0 Å². The van der Waals surface area contributed by atoms with Crippen molar-refractivity contribution < 1.29 is 21.8 Å². The van der Waals surface area contributed by atoms with E-state index in [-0.39, 0.29) is 41.1 Å². The summed E-state index contributed by atoms with van der Waals surface area (Å²) in [4.78, 5) is 33.4. The second kappa shape index (κ2) is 50.2. The first-order valence-electron chi connectivity index (χ1n) is 43.2. The molecule has 0 amide bonds. The number of piperazine rings is 3. The minimum Gasteiger partial charge on any atom is -0.312 e. The van der Waals surface area contributed by atoms with Gasteiger partial charge in [-0.2, -0.15) is 21.0 Å². The van der Waals surface area contributed by atoms with E-state index in [1.54, 1.807) is 59.2 Å². The monoisotopic (exact) mass is 1990 g/mol. The number of nitrogens with zero attached hydrogens (tertiary/aromatic N) is 10. The number of hydrogen-bond donors (Lipinski definition) is 3. The lowest BCUT2D eigenvalue weighted by atomic mass is 10.1. The van der Waals surface area contributed by atoms with Crippen LogP contribution in [0.25, 0.3) is 0 Å². The molecule has 10 aromatic rings. The number of nitriles is 4. The van der Waals surface area contributed by atoms with Gasteiger partial charge >= 0.3 is 0 Å². The van der Waals surface area contributed by atoms with Crippen molar-refractivity contribution in [2.45, 2.75) is 188 Å². The smallest absolute Gasteiger partial charge is 0.269 e. The molecule has 31 heteroatoms. The van der Waals surface area contributed by atoms with Crippen LogP contribution in [0.15, 0.2) is 231 Å². The molecule has 15 rings (SSSR count). The first kappa shape index (κ1) is 105. The normalized spacial score (nSPS) is 18.5. The molecule has 3 N–H and O–H groups in total. The molecule has 19 nitrogen and oxygen atoms in total. The van der Waals surface area contributed by atoms with Gasteiger partial charge in [0, 0.05) is 216 Å². The number of nitrogens with one attached hydrogen (secondary N) is 3. The van der Waals surface area contributed by atoms with Gasteiger partial charge in [0.1, 0.15) is 0 Å². The highest BCUT2D eigenvalue weighted by Gasteiger charge is 2.29. The fourth-order valence-corrected chi connectivity index (χ4v) is 25.8. The molecular weight excluding hydrogens is 1880 g/mol. The third kappa shape index (κ3) is 34.3. The maximum absolute atomic E-state index is 11.6. The van der Waals surface area contributed by atoms with Crippen LogP contribution >= 0.6 is 118 Å². The Morgan fingerprint density at radius 3 is 0.878 bits per heavy atom. The zero-order chi connectivity index (χ0) is 93.5. The summed E-state index contributed by atoms with van der Waals surface area (Å²) < 4.78 is 46.6. The number of nitro groups is 1. The maximum atomic E-state index is 11.6. The van der Waals surface area contributed by atoms with Crippen LogP contribution in [0.1, 0.15) is 118 Å². The number of halogens is 5. The largest absolute Gasteiger partial charge is 0.312 e. The molecule has 690 valence electrons. The lowest BCUT2D eigenvalue weighted by Crippen LogP contribution is -2.53. The van der Waals surface area contributed by atoms with Crippen LogP contribution in [0.3, 0.4) is 0 Å². The van der Waals surface area contributed by atoms with Gasteiger partial charge in [0.2, 0.25) is 0 Å². The van der Waals surface area contributed by atoms with E-state index < -0.39 is 24.6 Å². The highest BCUT2D eigenvalue weighted by atomic mass is 35.5. The number of sulfone groups is 2. The van der Waals surface area contributed by atoms with E-state index >= 15 is 0 Å². The second-order valence-electron chi connectivity index (χ2n) is 34.2. The zero-order valence-corrected chi connectivity index (χ0v) is 85.1. The van der Waals surface area contributed by atoms with Crippen molar-refractivity contribution in [1.29, 1.82) is 21.0 Å². The first-order chi connectivity index (χ1) is 61.9. The Bertz CT molecular complexity index is 5820. The van der Waals surface area contributed by atoms with E-state index in [0.717, 1.165) is 143 Å². The van der Waals surface area contributed by atoms with Crippen molar-refractivity contribution in [3.63, 3.8) is 0 Å². The van der Waals surface area contributed by atoms with E-state index in [1.807, 2.05) is 121 Å². The summed E-state index contributed by atoms with van der Waals surface area (Å²) >= 11 is 33.1. The molecule has 5 saturated heterocycles. The average Bonchev–Trinajstić information content (AvgIpc) is 0.832. The number of nitro benzene ring substituents is 1. The third-order valence-corrected chi connectivity index (χ3v) is 31.5. The minimum atomic E-state index is -2.97. The van der Waals surface area contributed by atoms with Crippen molar-refractivity contribution >= 4 is 143 Å². The summed E-state index contributed by atoms with van der Waals surface area (Å²) in [6.07, 6.45) is 0. The summed E-state index contributed by atoms with van der Waals surface area (Å²) in [5, 5.41) is 61.8. The number of hydrogen-bond acceptors (Lipinski definition) is 23. The molecule has 0 aliphatic carbocycles. The Morgan fingerprint density at radius 1 is 0.351 bits per heavy atom. The van der Waals surface area contributed by atoms with E-state index in [0.29, 0.717) is 96.8 Å². The highest BCUT2D eigenvalue weighted by Crippen LogP contribution is 2.41. The molecule has 5 aliphatic rings. The zero-order valence-electron chi connectivity index (χ0n) is 75.5. The highest BCUT2D eigenvalue weighted by molar-refractivity contribution is 8.00. The molecule has 0 bridgehead atoms. The molecule has 10 aromatic carbocycles. The van der Waals surface area contributed by atoms with Gasteiger partial charge in [0.15, 0.2) is 19.7 Å². The molecule has 0 aromatic heterocycles. The number of non-ortho nitro benzene ring substituents is 1. The van der Waals surface area contributed by atoms with Gasteiger partial charge in [0.25, 0.3) is 5.69 Å². The van der Waals surface area contributed by atoms with Crippen molar-refractivity contribution in [2.24, 2.45) is 0 Å². The van der Waals surface area contributed by atoms with Crippen LogP contribution in [0.5, 0.6) is 0 Å².